The first kappa shape index (κ1) is 14.5. The van der Waals surface area contributed by atoms with E-state index in [9.17, 15) is 4.79 Å². The lowest BCUT2D eigenvalue weighted by molar-refractivity contribution is -0.0355. The van der Waals surface area contributed by atoms with Crippen molar-refractivity contribution in [1.29, 1.82) is 0 Å². The fourth-order valence-corrected chi connectivity index (χ4v) is 3.42. The molecular formula is C16H21N5O2. The number of aryl methyl sites for hydroxylation is 1. The lowest BCUT2D eigenvalue weighted by Gasteiger charge is -2.43. The molecule has 1 aromatic carbocycles. The van der Waals surface area contributed by atoms with Gasteiger partial charge in [0.2, 0.25) is 0 Å². The lowest BCUT2D eigenvalue weighted by atomic mass is 10.1. The second-order valence-electron chi connectivity index (χ2n) is 6.13. The van der Waals surface area contributed by atoms with E-state index in [4.69, 9.17) is 4.74 Å². The molecule has 4 rings (SSSR count). The summed E-state index contributed by atoms with van der Waals surface area (Å²) in [6.07, 6.45) is 0. The molecule has 1 unspecified atom stereocenters. The molecule has 1 atom stereocenters. The standard InChI is InChI=1S/C16H21N5O2/c1-19-14-5-3-2-4-13(14)15(18-19)17-16(22)21-7-6-20-8-9-23-11-12(20)10-21/h2-5,12H,6-11H2,1H3,(H,17,18,22). The number of nitrogens with zero attached hydrogens (tertiary/aromatic N) is 4. The molecule has 23 heavy (non-hydrogen) atoms. The molecule has 0 spiro atoms. The number of hydrogen-bond donors (Lipinski definition) is 1. The highest BCUT2D eigenvalue weighted by molar-refractivity contribution is 5.99. The normalized spacial score (nSPS) is 22.1. The third kappa shape index (κ3) is 2.66. The van der Waals surface area contributed by atoms with Gasteiger partial charge in [-0.2, -0.15) is 5.10 Å². The molecule has 2 aliphatic rings. The molecule has 2 fully saturated rings. The highest BCUT2D eigenvalue weighted by Crippen LogP contribution is 2.22. The summed E-state index contributed by atoms with van der Waals surface area (Å²) < 4.78 is 7.32. The SMILES string of the molecule is Cn1nc(NC(=O)N2CCN3CCOCC3C2)c2ccccc21. The summed E-state index contributed by atoms with van der Waals surface area (Å²) in [4.78, 5) is 16.9. The molecular weight excluding hydrogens is 294 g/mol. The fraction of sp³-hybridized carbons (Fsp3) is 0.500. The Morgan fingerprint density at radius 2 is 2.17 bits per heavy atom. The molecule has 3 heterocycles. The van der Waals surface area contributed by atoms with Crippen LogP contribution in [0.3, 0.4) is 0 Å². The summed E-state index contributed by atoms with van der Waals surface area (Å²) >= 11 is 0. The van der Waals surface area contributed by atoms with E-state index in [1.807, 2.05) is 36.2 Å². The predicted octanol–water partition coefficient (Wildman–Crippen LogP) is 1.12. The van der Waals surface area contributed by atoms with Gasteiger partial charge in [0.1, 0.15) is 0 Å². The van der Waals surface area contributed by atoms with E-state index in [0.717, 1.165) is 37.1 Å². The average Bonchev–Trinajstić information content (AvgIpc) is 2.91. The maximum absolute atomic E-state index is 12.6. The van der Waals surface area contributed by atoms with E-state index < -0.39 is 0 Å². The van der Waals surface area contributed by atoms with E-state index in [-0.39, 0.29) is 6.03 Å². The molecule has 7 heteroatoms. The van der Waals surface area contributed by atoms with Crippen LogP contribution in [0.25, 0.3) is 10.9 Å². The predicted molar refractivity (Wildman–Crippen MR) is 87.5 cm³/mol. The number of piperazine rings is 1. The number of amides is 2. The largest absolute Gasteiger partial charge is 0.378 e. The second kappa shape index (κ2) is 5.82. The first-order valence-electron chi connectivity index (χ1n) is 8.02. The molecule has 122 valence electrons. The Balaban J connectivity index is 1.49. The van der Waals surface area contributed by atoms with Crippen molar-refractivity contribution in [3.8, 4) is 0 Å². The van der Waals surface area contributed by atoms with Crippen LogP contribution in [-0.2, 0) is 11.8 Å². The highest BCUT2D eigenvalue weighted by atomic mass is 16.5. The molecule has 0 saturated carbocycles. The van der Waals surface area contributed by atoms with Gasteiger partial charge in [-0.3, -0.25) is 14.9 Å². The number of carbonyl (C=O) groups excluding carboxylic acids is 1. The third-order valence-electron chi connectivity index (χ3n) is 4.71. The number of aromatic nitrogens is 2. The number of hydrogen-bond acceptors (Lipinski definition) is 4. The molecule has 1 aromatic heterocycles. The lowest BCUT2D eigenvalue weighted by Crippen LogP contribution is -2.59. The third-order valence-corrected chi connectivity index (χ3v) is 4.71. The van der Waals surface area contributed by atoms with Crippen molar-refractivity contribution in [1.82, 2.24) is 19.6 Å². The van der Waals surface area contributed by atoms with Crippen LogP contribution in [0.5, 0.6) is 0 Å². The molecule has 2 saturated heterocycles. The molecule has 7 nitrogen and oxygen atoms in total. The summed E-state index contributed by atoms with van der Waals surface area (Å²) in [6.45, 7) is 4.82. The summed E-state index contributed by atoms with van der Waals surface area (Å²) in [7, 11) is 1.89. The Bertz CT molecular complexity index is 728. The van der Waals surface area contributed by atoms with Crippen LogP contribution in [0.1, 0.15) is 0 Å². The number of morpholine rings is 1. The van der Waals surface area contributed by atoms with Gasteiger partial charge in [0, 0.05) is 38.6 Å². The molecule has 2 aromatic rings. The van der Waals surface area contributed by atoms with E-state index in [1.165, 1.54) is 0 Å². The van der Waals surface area contributed by atoms with E-state index in [0.29, 0.717) is 25.0 Å². The maximum Gasteiger partial charge on any atom is 0.323 e. The zero-order chi connectivity index (χ0) is 15.8. The first-order valence-corrected chi connectivity index (χ1v) is 8.02. The molecule has 2 aliphatic heterocycles. The van der Waals surface area contributed by atoms with Crippen molar-refractivity contribution in [2.45, 2.75) is 6.04 Å². The van der Waals surface area contributed by atoms with Gasteiger partial charge in [-0.25, -0.2) is 4.79 Å². The maximum atomic E-state index is 12.6. The first-order chi connectivity index (χ1) is 11.2. The molecule has 1 N–H and O–H groups in total. The van der Waals surface area contributed by atoms with Gasteiger partial charge < -0.3 is 9.64 Å². The Morgan fingerprint density at radius 1 is 1.30 bits per heavy atom. The van der Waals surface area contributed by atoms with Crippen molar-refractivity contribution in [2.24, 2.45) is 7.05 Å². The van der Waals surface area contributed by atoms with Crippen LogP contribution in [0.2, 0.25) is 0 Å². The Hall–Kier alpha value is -2.12. The van der Waals surface area contributed by atoms with Crippen LogP contribution < -0.4 is 5.32 Å². The highest BCUT2D eigenvalue weighted by Gasteiger charge is 2.31. The minimum atomic E-state index is -0.0842. The van der Waals surface area contributed by atoms with Gasteiger partial charge in [0.05, 0.1) is 24.8 Å². The second-order valence-corrected chi connectivity index (χ2v) is 6.13. The minimum absolute atomic E-state index is 0.0842. The van der Waals surface area contributed by atoms with Crippen LogP contribution in [0.4, 0.5) is 10.6 Å². The van der Waals surface area contributed by atoms with Crippen molar-refractivity contribution in [2.75, 3.05) is 44.7 Å². The van der Waals surface area contributed by atoms with Crippen molar-refractivity contribution in [3.63, 3.8) is 0 Å². The topological polar surface area (TPSA) is 62.6 Å². The number of nitrogens with one attached hydrogen (secondary N) is 1. The quantitative estimate of drug-likeness (QED) is 0.857. The van der Waals surface area contributed by atoms with Crippen LogP contribution in [0, 0.1) is 0 Å². The number of anilines is 1. The smallest absolute Gasteiger partial charge is 0.323 e. The van der Waals surface area contributed by atoms with E-state index in [1.54, 1.807) is 4.68 Å². The van der Waals surface area contributed by atoms with Crippen LogP contribution in [-0.4, -0.2) is 71.0 Å². The van der Waals surface area contributed by atoms with Crippen molar-refractivity contribution >= 4 is 22.8 Å². The zero-order valence-electron chi connectivity index (χ0n) is 13.2. The van der Waals surface area contributed by atoms with E-state index >= 15 is 0 Å². The van der Waals surface area contributed by atoms with Crippen LogP contribution in [0.15, 0.2) is 24.3 Å². The van der Waals surface area contributed by atoms with Gasteiger partial charge >= 0.3 is 6.03 Å². The number of urea groups is 1. The summed E-state index contributed by atoms with van der Waals surface area (Å²) in [5.41, 5.74) is 1.01. The molecule has 0 aliphatic carbocycles. The number of benzene rings is 1. The van der Waals surface area contributed by atoms with Gasteiger partial charge in [-0.1, -0.05) is 12.1 Å². The number of carbonyl (C=O) groups is 1. The average molecular weight is 315 g/mol. The molecule has 2 amide bonds. The Morgan fingerprint density at radius 3 is 3.09 bits per heavy atom. The monoisotopic (exact) mass is 315 g/mol. The minimum Gasteiger partial charge on any atom is -0.378 e. The Labute approximate surface area is 134 Å². The molecule has 0 bridgehead atoms. The van der Waals surface area contributed by atoms with E-state index in [2.05, 4.69) is 15.3 Å². The number of rotatable bonds is 1. The van der Waals surface area contributed by atoms with Gasteiger partial charge in [0.25, 0.3) is 0 Å². The summed E-state index contributed by atoms with van der Waals surface area (Å²) in [5, 5.41) is 8.36. The zero-order valence-corrected chi connectivity index (χ0v) is 13.2. The van der Waals surface area contributed by atoms with Gasteiger partial charge in [-0.15, -0.1) is 0 Å². The van der Waals surface area contributed by atoms with Crippen molar-refractivity contribution in [3.05, 3.63) is 24.3 Å². The fourth-order valence-electron chi connectivity index (χ4n) is 3.42. The van der Waals surface area contributed by atoms with Gasteiger partial charge in [0.15, 0.2) is 5.82 Å². The van der Waals surface area contributed by atoms with Gasteiger partial charge in [-0.05, 0) is 12.1 Å². The van der Waals surface area contributed by atoms with Crippen molar-refractivity contribution < 1.29 is 9.53 Å². The molecule has 0 radical (unpaired) electrons. The number of fused-ring (bicyclic) bond motifs is 2. The van der Waals surface area contributed by atoms with Crippen LogP contribution >= 0.6 is 0 Å². The number of ether oxygens (including phenoxy) is 1. The Kier molecular flexibility index (Phi) is 3.66. The number of para-hydroxylation sites is 1. The summed E-state index contributed by atoms with van der Waals surface area (Å²) in [6, 6.07) is 8.12. The summed E-state index contributed by atoms with van der Waals surface area (Å²) in [5.74, 6) is 0.621.